The Hall–Kier alpha value is -3.02. The summed E-state index contributed by atoms with van der Waals surface area (Å²) in [5.74, 6) is 0.983. The molecule has 0 bridgehead atoms. The number of carbonyl (C=O) groups is 2. The van der Waals surface area contributed by atoms with Crippen molar-refractivity contribution in [2.45, 2.75) is 26.3 Å². The summed E-state index contributed by atoms with van der Waals surface area (Å²) in [6, 6.07) is 12.8. The first-order valence-corrected chi connectivity index (χ1v) is 8.90. The number of rotatable bonds is 6. The smallest absolute Gasteiger partial charge is 0.258 e. The SMILES string of the molecule is COc1cccc(OCC(=O)N[C@@H]2CC(=O)N(c3ccc(C)c(C)c3)C2)c1. The van der Waals surface area contributed by atoms with Gasteiger partial charge in [-0.05, 0) is 49.2 Å². The fourth-order valence-electron chi connectivity index (χ4n) is 3.06. The van der Waals surface area contributed by atoms with E-state index in [1.54, 1.807) is 36.3 Å². The topological polar surface area (TPSA) is 67.9 Å². The number of benzene rings is 2. The van der Waals surface area contributed by atoms with Crippen LogP contribution in [-0.4, -0.2) is 38.1 Å². The van der Waals surface area contributed by atoms with Crippen LogP contribution in [0.5, 0.6) is 11.5 Å². The predicted molar refractivity (Wildman–Crippen MR) is 103 cm³/mol. The Bertz CT molecular complexity index is 850. The lowest BCUT2D eigenvalue weighted by Gasteiger charge is -2.18. The van der Waals surface area contributed by atoms with Crippen molar-refractivity contribution in [2.24, 2.45) is 0 Å². The van der Waals surface area contributed by atoms with Crippen molar-refractivity contribution in [3.63, 3.8) is 0 Å². The number of amides is 2. The summed E-state index contributed by atoms with van der Waals surface area (Å²) < 4.78 is 10.6. The molecule has 0 saturated carbocycles. The minimum atomic E-state index is -0.252. The van der Waals surface area contributed by atoms with Crippen LogP contribution >= 0.6 is 0 Å². The van der Waals surface area contributed by atoms with Gasteiger partial charge in [0.1, 0.15) is 11.5 Å². The molecule has 6 nitrogen and oxygen atoms in total. The summed E-state index contributed by atoms with van der Waals surface area (Å²) in [6.45, 7) is 4.42. The van der Waals surface area contributed by atoms with Crippen molar-refractivity contribution in [3.8, 4) is 11.5 Å². The molecule has 3 rings (SSSR count). The fourth-order valence-corrected chi connectivity index (χ4v) is 3.06. The van der Waals surface area contributed by atoms with Crippen LogP contribution in [0, 0.1) is 13.8 Å². The van der Waals surface area contributed by atoms with Crippen molar-refractivity contribution >= 4 is 17.5 Å². The zero-order valence-electron chi connectivity index (χ0n) is 15.8. The van der Waals surface area contributed by atoms with Crippen LogP contribution in [0.3, 0.4) is 0 Å². The maximum Gasteiger partial charge on any atom is 0.258 e. The molecule has 2 amide bonds. The third kappa shape index (κ3) is 4.58. The van der Waals surface area contributed by atoms with Gasteiger partial charge in [0.2, 0.25) is 5.91 Å². The first kappa shape index (κ1) is 18.8. The Morgan fingerprint density at radius 2 is 1.93 bits per heavy atom. The standard InChI is InChI=1S/C21H24N2O4/c1-14-7-8-17(9-15(14)2)23-12-16(10-21(23)25)22-20(24)13-27-19-6-4-5-18(11-19)26-3/h4-9,11,16H,10,12-13H2,1-3H3,(H,22,24)/t16-/m1/s1. The number of methoxy groups -OCH3 is 1. The lowest BCUT2D eigenvalue weighted by Crippen LogP contribution is -2.39. The average molecular weight is 368 g/mol. The van der Waals surface area contributed by atoms with Crippen LogP contribution in [-0.2, 0) is 9.59 Å². The van der Waals surface area contributed by atoms with Gasteiger partial charge in [0.05, 0.1) is 13.2 Å². The first-order chi connectivity index (χ1) is 13.0. The third-order valence-corrected chi connectivity index (χ3v) is 4.70. The van der Waals surface area contributed by atoms with Gasteiger partial charge in [-0.1, -0.05) is 12.1 Å². The van der Waals surface area contributed by atoms with Crippen LogP contribution in [0.2, 0.25) is 0 Å². The molecular weight excluding hydrogens is 344 g/mol. The second kappa shape index (κ2) is 8.12. The Morgan fingerprint density at radius 1 is 1.15 bits per heavy atom. The summed E-state index contributed by atoms with van der Waals surface area (Å²) in [7, 11) is 1.57. The molecule has 1 saturated heterocycles. The van der Waals surface area contributed by atoms with Gasteiger partial charge in [0.25, 0.3) is 5.91 Å². The summed E-state index contributed by atoms with van der Waals surface area (Å²) in [6.07, 6.45) is 0.290. The van der Waals surface area contributed by atoms with Crippen molar-refractivity contribution in [3.05, 3.63) is 53.6 Å². The van der Waals surface area contributed by atoms with E-state index in [0.717, 1.165) is 11.3 Å². The average Bonchev–Trinajstić information content (AvgIpc) is 3.02. The van der Waals surface area contributed by atoms with Gasteiger partial charge in [0.15, 0.2) is 6.61 Å². The highest BCUT2D eigenvalue weighted by Crippen LogP contribution is 2.24. The van der Waals surface area contributed by atoms with E-state index in [4.69, 9.17) is 9.47 Å². The van der Waals surface area contributed by atoms with E-state index in [-0.39, 0.29) is 30.9 Å². The van der Waals surface area contributed by atoms with Crippen molar-refractivity contribution in [1.82, 2.24) is 5.32 Å². The molecule has 6 heteroatoms. The second-order valence-electron chi connectivity index (χ2n) is 6.71. The molecule has 27 heavy (non-hydrogen) atoms. The van der Waals surface area contributed by atoms with Gasteiger partial charge in [-0.2, -0.15) is 0 Å². The molecule has 0 spiro atoms. The second-order valence-corrected chi connectivity index (χ2v) is 6.71. The molecule has 0 radical (unpaired) electrons. The molecule has 1 N–H and O–H groups in total. The number of anilines is 1. The number of nitrogens with one attached hydrogen (secondary N) is 1. The van der Waals surface area contributed by atoms with Crippen LogP contribution in [0.4, 0.5) is 5.69 Å². The minimum absolute atomic E-state index is 0.0114. The number of nitrogens with zero attached hydrogens (tertiary/aromatic N) is 1. The van der Waals surface area contributed by atoms with Crippen molar-refractivity contribution in [2.75, 3.05) is 25.2 Å². The molecule has 0 aliphatic carbocycles. The number of aryl methyl sites for hydroxylation is 2. The first-order valence-electron chi connectivity index (χ1n) is 8.90. The van der Waals surface area contributed by atoms with Gasteiger partial charge < -0.3 is 19.7 Å². The van der Waals surface area contributed by atoms with E-state index in [9.17, 15) is 9.59 Å². The van der Waals surface area contributed by atoms with E-state index >= 15 is 0 Å². The van der Waals surface area contributed by atoms with Crippen LogP contribution in [0.25, 0.3) is 0 Å². The molecule has 1 atom stereocenters. The fraction of sp³-hybridized carbons (Fsp3) is 0.333. The molecule has 0 aromatic heterocycles. The highest BCUT2D eigenvalue weighted by Gasteiger charge is 2.31. The molecule has 1 fully saturated rings. The van der Waals surface area contributed by atoms with Gasteiger partial charge >= 0.3 is 0 Å². The van der Waals surface area contributed by atoms with Crippen molar-refractivity contribution < 1.29 is 19.1 Å². The maximum absolute atomic E-state index is 12.3. The number of carbonyl (C=O) groups excluding carboxylic acids is 2. The monoisotopic (exact) mass is 368 g/mol. The zero-order valence-corrected chi connectivity index (χ0v) is 15.8. The lowest BCUT2D eigenvalue weighted by atomic mass is 10.1. The summed E-state index contributed by atoms with van der Waals surface area (Å²) in [4.78, 5) is 26.2. The molecular formula is C21H24N2O4. The number of hydrogen-bond acceptors (Lipinski definition) is 4. The molecule has 1 aliphatic rings. The molecule has 1 aliphatic heterocycles. The van der Waals surface area contributed by atoms with Gasteiger partial charge in [-0.25, -0.2) is 0 Å². The number of hydrogen-bond donors (Lipinski definition) is 1. The Kier molecular flexibility index (Phi) is 5.64. The molecule has 1 heterocycles. The summed E-state index contributed by atoms with van der Waals surface area (Å²) >= 11 is 0. The highest BCUT2D eigenvalue weighted by molar-refractivity contribution is 5.97. The lowest BCUT2D eigenvalue weighted by molar-refractivity contribution is -0.123. The Labute approximate surface area is 159 Å². The quantitative estimate of drug-likeness (QED) is 0.851. The van der Waals surface area contributed by atoms with Gasteiger partial charge in [-0.15, -0.1) is 0 Å². The third-order valence-electron chi connectivity index (χ3n) is 4.70. The predicted octanol–water partition coefficient (Wildman–Crippen LogP) is 2.61. The van der Waals surface area contributed by atoms with Crippen LogP contribution in [0.1, 0.15) is 17.5 Å². The largest absolute Gasteiger partial charge is 0.497 e. The molecule has 2 aromatic carbocycles. The van der Waals surface area contributed by atoms with Gasteiger partial charge in [-0.3, -0.25) is 9.59 Å². The molecule has 2 aromatic rings. The highest BCUT2D eigenvalue weighted by atomic mass is 16.5. The Balaban J connectivity index is 1.54. The number of ether oxygens (including phenoxy) is 2. The van der Waals surface area contributed by atoms with E-state index in [0.29, 0.717) is 18.0 Å². The molecule has 142 valence electrons. The minimum Gasteiger partial charge on any atom is -0.497 e. The normalized spacial score (nSPS) is 16.3. The maximum atomic E-state index is 12.3. The summed E-state index contributed by atoms with van der Waals surface area (Å²) in [5.41, 5.74) is 3.19. The van der Waals surface area contributed by atoms with E-state index in [1.807, 2.05) is 32.0 Å². The van der Waals surface area contributed by atoms with Gasteiger partial charge in [0, 0.05) is 24.7 Å². The van der Waals surface area contributed by atoms with E-state index in [1.165, 1.54) is 5.56 Å². The molecule has 0 unspecified atom stereocenters. The van der Waals surface area contributed by atoms with Crippen molar-refractivity contribution in [1.29, 1.82) is 0 Å². The van der Waals surface area contributed by atoms with Crippen LogP contribution < -0.4 is 19.7 Å². The van der Waals surface area contributed by atoms with E-state index < -0.39 is 0 Å². The Morgan fingerprint density at radius 3 is 2.67 bits per heavy atom. The van der Waals surface area contributed by atoms with Crippen LogP contribution in [0.15, 0.2) is 42.5 Å². The van der Waals surface area contributed by atoms with E-state index in [2.05, 4.69) is 5.32 Å². The summed E-state index contributed by atoms with van der Waals surface area (Å²) in [5, 5.41) is 2.88. The zero-order chi connectivity index (χ0) is 19.4.